The number of rotatable bonds is 2. The van der Waals surface area contributed by atoms with Crippen LogP contribution in [0.4, 0.5) is 5.69 Å². The molecule has 1 atom stereocenters. The number of aliphatic hydroxyl groups is 1. The van der Waals surface area contributed by atoms with Crippen LogP contribution in [-0.2, 0) is 6.42 Å². The maximum absolute atomic E-state index is 12.6. The fourth-order valence-corrected chi connectivity index (χ4v) is 3.73. The van der Waals surface area contributed by atoms with Crippen molar-refractivity contribution in [2.24, 2.45) is 5.41 Å². The lowest BCUT2D eigenvalue weighted by atomic mass is 9.75. The predicted octanol–water partition coefficient (Wildman–Crippen LogP) is 5.15. The molecule has 0 aliphatic heterocycles. The van der Waals surface area contributed by atoms with Gasteiger partial charge < -0.3 is 14.8 Å². The third kappa shape index (κ3) is 3.18. The van der Waals surface area contributed by atoms with E-state index in [-0.39, 0.29) is 11.2 Å². The van der Waals surface area contributed by atoms with E-state index < -0.39 is 12.0 Å². The minimum absolute atomic E-state index is 0.0655. The zero-order valence-corrected chi connectivity index (χ0v) is 15.3. The zero-order valence-electron chi connectivity index (χ0n) is 13.7. The van der Waals surface area contributed by atoms with Crippen molar-refractivity contribution < 1.29 is 14.3 Å². The van der Waals surface area contributed by atoms with Crippen LogP contribution >= 0.6 is 23.2 Å². The van der Waals surface area contributed by atoms with E-state index in [0.717, 1.165) is 5.56 Å². The van der Waals surface area contributed by atoms with E-state index in [2.05, 4.69) is 19.2 Å². The number of benzene rings is 1. The number of amides is 1. The molecule has 128 valence electrons. The number of anilines is 1. The average molecular weight is 368 g/mol. The Balaban J connectivity index is 1.92. The molecule has 1 aliphatic carbocycles. The normalized spacial score (nSPS) is 19.0. The highest BCUT2D eigenvalue weighted by Gasteiger charge is 2.37. The molecule has 2 aromatic rings. The summed E-state index contributed by atoms with van der Waals surface area (Å²) in [4.78, 5) is 12.6. The molecule has 1 amide bonds. The lowest BCUT2D eigenvalue weighted by molar-refractivity contribution is 0.0910. The van der Waals surface area contributed by atoms with Crippen LogP contribution < -0.4 is 5.32 Å². The Bertz CT molecular complexity index is 811. The predicted molar refractivity (Wildman–Crippen MR) is 94.9 cm³/mol. The van der Waals surface area contributed by atoms with Gasteiger partial charge in [0, 0.05) is 22.6 Å². The van der Waals surface area contributed by atoms with Crippen LogP contribution in [0.5, 0.6) is 0 Å². The second-order valence-corrected chi connectivity index (χ2v) is 7.88. The number of aliphatic hydroxyl groups excluding tert-OH is 1. The Labute approximate surface area is 150 Å². The monoisotopic (exact) mass is 367 g/mol. The first-order chi connectivity index (χ1) is 11.2. The molecule has 0 bridgehead atoms. The van der Waals surface area contributed by atoms with Crippen molar-refractivity contribution in [2.45, 2.75) is 39.7 Å². The summed E-state index contributed by atoms with van der Waals surface area (Å²) in [6, 6.07) is 4.85. The molecule has 1 aromatic heterocycles. The number of halogens is 2. The van der Waals surface area contributed by atoms with Crippen LogP contribution in [0.25, 0.3) is 0 Å². The number of carbonyl (C=O) groups excluding carboxylic acids is 1. The first-order valence-electron chi connectivity index (χ1n) is 7.74. The second-order valence-electron chi connectivity index (χ2n) is 7.03. The maximum Gasteiger partial charge on any atom is 0.291 e. The fourth-order valence-electron chi connectivity index (χ4n) is 3.27. The molecule has 24 heavy (non-hydrogen) atoms. The smallest absolute Gasteiger partial charge is 0.291 e. The number of hydrogen-bond donors (Lipinski definition) is 2. The fraction of sp³-hybridized carbons (Fsp3) is 0.389. The standard InChI is InChI=1S/C18H19Cl2NO3/c1-9-15-13(22)7-18(2,3)8-14(15)24-16(9)17(23)21-12-5-4-10(19)6-11(12)20/h4-6,13,22H,7-8H2,1-3H3,(H,21,23). The summed E-state index contributed by atoms with van der Waals surface area (Å²) in [6.45, 7) is 5.94. The quantitative estimate of drug-likeness (QED) is 0.770. The molecule has 6 heteroatoms. The van der Waals surface area contributed by atoms with Gasteiger partial charge in [0.15, 0.2) is 5.76 Å². The Morgan fingerprint density at radius 3 is 2.75 bits per heavy atom. The summed E-state index contributed by atoms with van der Waals surface area (Å²) in [7, 11) is 0. The summed E-state index contributed by atoms with van der Waals surface area (Å²) in [5.74, 6) is 0.502. The SMILES string of the molecule is Cc1c(C(=O)Nc2ccc(Cl)cc2Cl)oc2c1C(O)CC(C)(C)C2. The molecule has 0 saturated heterocycles. The largest absolute Gasteiger partial charge is 0.455 e. The lowest BCUT2D eigenvalue weighted by Crippen LogP contribution is -2.24. The average Bonchev–Trinajstić information content (AvgIpc) is 2.77. The molecule has 2 N–H and O–H groups in total. The van der Waals surface area contributed by atoms with Gasteiger partial charge in [-0.3, -0.25) is 4.79 Å². The Morgan fingerprint density at radius 2 is 2.08 bits per heavy atom. The van der Waals surface area contributed by atoms with Gasteiger partial charge in [0.25, 0.3) is 5.91 Å². The van der Waals surface area contributed by atoms with Crippen molar-refractivity contribution in [1.29, 1.82) is 0 Å². The van der Waals surface area contributed by atoms with Crippen molar-refractivity contribution in [2.75, 3.05) is 5.32 Å². The molecule has 1 aliphatic rings. The van der Waals surface area contributed by atoms with Crippen LogP contribution in [0, 0.1) is 12.3 Å². The van der Waals surface area contributed by atoms with E-state index in [1.165, 1.54) is 0 Å². The van der Waals surface area contributed by atoms with Crippen molar-refractivity contribution >= 4 is 34.8 Å². The molecule has 1 unspecified atom stereocenters. The number of hydrogen-bond acceptors (Lipinski definition) is 3. The molecule has 3 rings (SSSR count). The lowest BCUT2D eigenvalue weighted by Gasteiger charge is -2.31. The minimum Gasteiger partial charge on any atom is -0.455 e. The summed E-state index contributed by atoms with van der Waals surface area (Å²) in [6.07, 6.45) is 0.716. The third-order valence-corrected chi connectivity index (χ3v) is 4.92. The molecule has 1 aromatic carbocycles. The molecule has 0 radical (unpaired) electrons. The third-order valence-electron chi connectivity index (χ3n) is 4.37. The van der Waals surface area contributed by atoms with E-state index in [0.29, 0.717) is 39.9 Å². The minimum atomic E-state index is -0.617. The molecule has 0 saturated carbocycles. The zero-order chi connectivity index (χ0) is 17.6. The van der Waals surface area contributed by atoms with Gasteiger partial charge in [-0.05, 0) is 37.0 Å². The van der Waals surface area contributed by atoms with Crippen molar-refractivity contribution in [3.63, 3.8) is 0 Å². The highest BCUT2D eigenvalue weighted by Crippen LogP contribution is 2.44. The van der Waals surface area contributed by atoms with E-state index in [1.807, 2.05) is 0 Å². The topological polar surface area (TPSA) is 62.5 Å². The van der Waals surface area contributed by atoms with E-state index in [9.17, 15) is 9.90 Å². The van der Waals surface area contributed by atoms with Crippen molar-refractivity contribution in [1.82, 2.24) is 0 Å². The molecular formula is C18H19Cl2NO3. The Kier molecular flexibility index (Phi) is 4.41. The second kappa shape index (κ2) is 6.10. The molecule has 4 nitrogen and oxygen atoms in total. The van der Waals surface area contributed by atoms with Gasteiger partial charge in [-0.1, -0.05) is 37.0 Å². The van der Waals surface area contributed by atoms with Crippen LogP contribution in [0.1, 0.15) is 53.8 Å². The van der Waals surface area contributed by atoms with Gasteiger partial charge in [0.2, 0.25) is 0 Å². The van der Waals surface area contributed by atoms with Crippen LogP contribution in [0.3, 0.4) is 0 Å². The molecule has 0 spiro atoms. The molecule has 1 heterocycles. The van der Waals surface area contributed by atoms with Gasteiger partial charge in [0.05, 0.1) is 16.8 Å². The Morgan fingerprint density at radius 1 is 1.38 bits per heavy atom. The van der Waals surface area contributed by atoms with Crippen LogP contribution in [0.15, 0.2) is 22.6 Å². The Hall–Kier alpha value is -1.49. The van der Waals surface area contributed by atoms with Gasteiger partial charge in [0.1, 0.15) is 5.76 Å². The van der Waals surface area contributed by atoms with Crippen LogP contribution in [0.2, 0.25) is 10.0 Å². The van der Waals surface area contributed by atoms with Gasteiger partial charge in [-0.15, -0.1) is 0 Å². The van der Waals surface area contributed by atoms with Gasteiger partial charge in [-0.2, -0.15) is 0 Å². The van der Waals surface area contributed by atoms with E-state index in [1.54, 1.807) is 25.1 Å². The van der Waals surface area contributed by atoms with E-state index >= 15 is 0 Å². The first kappa shape index (κ1) is 17.3. The van der Waals surface area contributed by atoms with E-state index in [4.69, 9.17) is 27.6 Å². The number of furan rings is 1. The molecular weight excluding hydrogens is 349 g/mol. The summed E-state index contributed by atoms with van der Waals surface area (Å²) in [5.41, 5.74) is 1.81. The number of nitrogens with one attached hydrogen (secondary N) is 1. The van der Waals surface area contributed by atoms with Crippen LogP contribution in [-0.4, -0.2) is 11.0 Å². The summed E-state index contributed by atoms with van der Waals surface area (Å²) < 4.78 is 5.80. The summed E-state index contributed by atoms with van der Waals surface area (Å²) >= 11 is 12.0. The highest BCUT2D eigenvalue weighted by atomic mass is 35.5. The van der Waals surface area contributed by atoms with Gasteiger partial charge >= 0.3 is 0 Å². The van der Waals surface area contributed by atoms with Crippen molar-refractivity contribution in [3.8, 4) is 0 Å². The number of fused-ring (bicyclic) bond motifs is 1. The van der Waals surface area contributed by atoms with Crippen molar-refractivity contribution in [3.05, 3.63) is 50.9 Å². The highest BCUT2D eigenvalue weighted by molar-refractivity contribution is 6.36. The molecule has 0 fully saturated rings. The maximum atomic E-state index is 12.6. The number of carbonyl (C=O) groups is 1. The van der Waals surface area contributed by atoms with Gasteiger partial charge in [-0.25, -0.2) is 0 Å². The summed E-state index contributed by atoms with van der Waals surface area (Å²) in [5, 5.41) is 14.0. The first-order valence-corrected chi connectivity index (χ1v) is 8.50.